The maximum absolute atomic E-state index is 15.5. The molecule has 2 nitrogen and oxygen atoms in total. The van der Waals surface area contributed by atoms with E-state index in [1.165, 1.54) is 0 Å². The van der Waals surface area contributed by atoms with Crippen molar-refractivity contribution in [1.29, 1.82) is 0 Å². The predicted molar refractivity (Wildman–Crippen MR) is 106 cm³/mol. The third kappa shape index (κ3) is 3.20. The van der Waals surface area contributed by atoms with Crippen LogP contribution in [0.5, 0.6) is 5.75 Å². The van der Waals surface area contributed by atoms with Crippen molar-refractivity contribution in [2.75, 3.05) is 5.88 Å². The van der Waals surface area contributed by atoms with Gasteiger partial charge in [0.1, 0.15) is 17.7 Å². The van der Waals surface area contributed by atoms with E-state index in [1.54, 1.807) is 6.07 Å². The van der Waals surface area contributed by atoms with Crippen LogP contribution in [-0.2, 0) is 11.2 Å². The van der Waals surface area contributed by atoms with Gasteiger partial charge in [0.05, 0.1) is 0 Å². The van der Waals surface area contributed by atoms with Crippen LogP contribution in [0.3, 0.4) is 0 Å². The van der Waals surface area contributed by atoms with E-state index in [2.05, 4.69) is 0 Å². The molecule has 3 aliphatic rings. The van der Waals surface area contributed by atoms with Crippen LogP contribution in [-0.4, -0.2) is 22.9 Å². The van der Waals surface area contributed by atoms with Crippen LogP contribution in [0.4, 0.5) is 4.39 Å². The molecule has 1 aromatic carbocycles. The van der Waals surface area contributed by atoms with Crippen LogP contribution in [0.15, 0.2) is 18.2 Å². The van der Waals surface area contributed by atoms with E-state index in [0.717, 1.165) is 49.7 Å². The van der Waals surface area contributed by atoms with Gasteiger partial charge in [0.2, 0.25) is 0 Å². The van der Waals surface area contributed by atoms with Gasteiger partial charge in [0.15, 0.2) is 0 Å². The minimum Gasteiger partial charge on any atom is -0.508 e. The Labute approximate surface area is 166 Å². The summed E-state index contributed by atoms with van der Waals surface area (Å²) in [4.78, 5) is 12.6. The molecule has 148 valence electrons. The summed E-state index contributed by atoms with van der Waals surface area (Å²) in [7, 11) is 0. The summed E-state index contributed by atoms with van der Waals surface area (Å²) in [6.45, 7) is 2.02. The number of ketones is 1. The third-order valence-corrected chi connectivity index (χ3v) is 8.01. The Kier molecular flexibility index (Phi) is 5.26. The zero-order chi connectivity index (χ0) is 19.2. The zero-order valence-corrected chi connectivity index (χ0v) is 16.9. The highest BCUT2D eigenvalue weighted by Gasteiger charge is 2.60. The summed E-state index contributed by atoms with van der Waals surface area (Å²) in [6.07, 6.45) is 6.06. The number of aromatic hydroxyl groups is 1. The Hall–Kier alpha value is -1.09. The fourth-order valence-corrected chi connectivity index (χ4v) is 6.70. The third-order valence-electron chi connectivity index (χ3n) is 7.75. The fraction of sp³-hybridized carbons (Fsp3) is 0.696. The second-order valence-electron chi connectivity index (χ2n) is 9.19. The quantitative estimate of drug-likeness (QED) is 0.508. The number of carbonyl (C=O) groups is 1. The minimum absolute atomic E-state index is 0.128. The molecule has 27 heavy (non-hydrogen) atoms. The van der Waals surface area contributed by atoms with Gasteiger partial charge in [-0.15, -0.1) is 11.6 Å². The Morgan fingerprint density at radius 3 is 2.89 bits per heavy atom. The van der Waals surface area contributed by atoms with Gasteiger partial charge in [-0.1, -0.05) is 25.8 Å². The number of rotatable bonds is 5. The normalized spacial score (nSPS) is 37.6. The number of hydrogen-bond acceptors (Lipinski definition) is 2. The molecule has 6 atom stereocenters. The summed E-state index contributed by atoms with van der Waals surface area (Å²) < 4.78 is 15.5. The summed E-state index contributed by atoms with van der Waals surface area (Å²) >= 11 is 5.83. The molecule has 1 N–H and O–H groups in total. The van der Waals surface area contributed by atoms with Gasteiger partial charge >= 0.3 is 0 Å². The van der Waals surface area contributed by atoms with Crippen molar-refractivity contribution in [3.63, 3.8) is 0 Å². The van der Waals surface area contributed by atoms with Crippen molar-refractivity contribution in [3.8, 4) is 5.75 Å². The average Bonchev–Trinajstić information content (AvgIpc) is 2.92. The number of benzene rings is 1. The highest BCUT2D eigenvalue weighted by molar-refractivity contribution is 6.17. The Morgan fingerprint density at radius 1 is 1.30 bits per heavy atom. The van der Waals surface area contributed by atoms with E-state index in [4.69, 9.17) is 11.6 Å². The topological polar surface area (TPSA) is 37.3 Å². The lowest BCUT2D eigenvalue weighted by molar-refractivity contribution is -0.132. The number of carbonyl (C=O) groups excluding carboxylic acids is 1. The Morgan fingerprint density at radius 2 is 2.11 bits per heavy atom. The Bertz CT molecular complexity index is 720. The first-order chi connectivity index (χ1) is 13.0. The number of phenolic OH excluding ortho intramolecular Hbond substituents is 1. The van der Waals surface area contributed by atoms with Gasteiger partial charge in [0, 0.05) is 23.6 Å². The standard InChI is InChI=1S/C23H30ClFO2/c1-23-13-19(25)22-17-7-6-16(26)12-15(17)11-14(5-3-2-4-10-24)21(22)18(23)8-9-20(23)27/h6-7,12,14,18-19,21-22,26H,2-5,8-11,13H2,1H3/t14?,18-,19?,21-,22-,23-/m0/s1. The van der Waals surface area contributed by atoms with Crippen molar-refractivity contribution in [2.24, 2.45) is 23.2 Å². The second kappa shape index (κ2) is 7.39. The number of Topliss-reactive ketones (excluding diaryl/α,β-unsaturated/α-hetero) is 1. The monoisotopic (exact) mass is 392 g/mol. The lowest BCUT2D eigenvalue weighted by Gasteiger charge is -2.53. The van der Waals surface area contributed by atoms with Gasteiger partial charge in [-0.25, -0.2) is 4.39 Å². The predicted octanol–water partition coefficient (Wildman–Crippen LogP) is 5.79. The molecule has 0 heterocycles. The van der Waals surface area contributed by atoms with Crippen LogP contribution in [0.25, 0.3) is 0 Å². The SMILES string of the molecule is C[C@]12CC(F)[C@@H]3c4ccc(O)cc4CC(CCCCCCl)[C@H]3[C@@H]1CCC2=O. The summed E-state index contributed by atoms with van der Waals surface area (Å²) in [5.41, 5.74) is 1.70. The molecular weight excluding hydrogens is 363 g/mol. The Balaban J connectivity index is 1.70. The molecule has 0 bridgehead atoms. The molecule has 2 saturated carbocycles. The molecule has 0 spiro atoms. The molecule has 4 heteroatoms. The van der Waals surface area contributed by atoms with E-state index < -0.39 is 11.6 Å². The van der Waals surface area contributed by atoms with E-state index in [-0.39, 0.29) is 23.4 Å². The molecule has 4 rings (SSSR count). The zero-order valence-electron chi connectivity index (χ0n) is 16.1. The first kappa shape index (κ1) is 19.2. The number of fused-ring (bicyclic) bond motifs is 5. The first-order valence-electron chi connectivity index (χ1n) is 10.5. The minimum atomic E-state index is -0.979. The van der Waals surface area contributed by atoms with Gasteiger partial charge in [-0.2, -0.15) is 0 Å². The summed E-state index contributed by atoms with van der Waals surface area (Å²) in [5.74, 6) is 2.01. The summed E-state index contributed by atoms with van der Waals surface area (Å²) in [5, 5.41) is 9.96. The lowest BCUT2D eigenvalue weighted by atomic mass is 9.51. The van der Waals surface area contributed by atoms with E-state index in [0.29, 0.717) is 30.6 Å². The maximum atomic E-state index is 15.5. The van der Waals surface area contributed by atoms with Crippen molar-refractivity contribution >= 4 is 17.4 Å². The molecule has 1 aromatic rings. The molecule has 0 saturated heterocycles. The van der Waals surface area contributed by atoms with E-state index in [1.807, 2.05) is 19.1 Å². The highest BCUT2D eigenvalue weighted by atomic mass is 35.5. The molecule has 0 radical (unpaired) electrons. The first-order valence-corrected chi connectivity index (χ1v) is 11.0. The molecule has 2 fully saturated rings. The van der Waals surface area contributed by atoms with Gasteiger partial charge in [0.25, 0.3) is 0 Å². The molecular formula is C23H30ClFO2. The largest absolute Gasteiger partial charge is 0.508 e. The van der Waals surface area contributed by atoms with Gasteiger partial charge < -0.3 is 5.11 Å². The van der Waals surface area contributed by atoms with Crippen molar-refractivity contribution in [3.05, 3.63) is 29.3 Å². The van der Waals surface area contributed by atoms with Crippen LogP contribution in [0, 0.1) is 23.2 Å². The van der Waals surface area contributed by atoms with Crippen molar-refractivity contribution in [2.45, 2.75) is 70.4 Å². The molecule has 0 aliphatic heterocycles. The van der Waals surface area contributed by atoms with E-state index >= 15 is 4.39 Å². The second-order valence-corrected chi connectivity index (χ2v) is 9.57. The van der Waals surface area contributed by atoms with Gasteiger partial charge in [-0.05, 0) is 73.1 Å². The average molecular weight is 393 g/mol. The highest BCUT2D eigenvalue weighted by Crippen LogP contribution is 2.62. The van der Waals surface area contributed by atoms with Crippen molar-refractivity contribution in [1.82, 2.24) is 0 Å². The molecule has 0 amide bonds. The lowest BCUT2D eigenvalue weighted by Crippen LogP contribution is -2.50. The number of halogens is 2. The van der Waals surface area contributed by atoms with E-state index in [9.17, 15) is 9.90 Å². The number of alkyl halides is 2. The molecule has 0 aromatic heterocycles. The smallest absolute Gasteiger partial charge is 0.139 e. The van der Waals surface area contributed by atoms with Gasteiger partial charge in [-0.3, -0.25) is 4.79 Å². The van der Waals surface area contributed by atoms with Crippen LogP contribution >= 0.6 is 11.6 Å². The van der Waals surface area contributed by atoms with Crippen molar-refractivity contribution < 1.29 is 14.3 Å². The number of unbranched alkanes of at least 4 members (excludes halogenated alkanes) is 2. The molecule has 2 unspecified atom stereocenters. The van der Waals surface area contributed by atoms with Crippen LogP contribution in [0.2, 0.25) is 0 Å². The fourth-order valence-electron chi connectivity index (χ4n) is 6.51. The molecule has 3 aliphatic carbocycles. The number of hydrogen-bond donors (Lipinski definition) is 1. The number of phenols is 1. The maximum Gasteiger partial charge on any atom is 0.139 e. The summed E-state index contributed by atoms with van der Waals surface area (Å²) in [6, 6.07) is 5.45. The van der Waals surface area contributed by atoms with Crippen LogP contribution in [0.1, 0.15) is 68.9 Å². The van der Waals surface area contributed by atoms with Crippen LogP contribution < -0.4 is 0 Å².